The van der Waals surface area contributed by atoms with Crippen LogP contribution in [0.4, 0.5) is 0 Å². The molecule has 0 heteroatoms. The molecule has 0 bridgehead atoms. The fraction of sp³-hybridized carbons (Fsp3) is 0.0526. The highest BCUT2D eigenvalue weighted by atomic mass is 13.7. The number of rotatable bonds is 0. The van der Waals surface area contributed by atoms with Crippen LogP contribution in [0.3, 0.4) is 0 Å². The maximum absolute atomic E-state index is 2.89. The molecule has 0 atom stereocenters. The summed E-state index contributed by atoms with van der Waals surface area (Å²) >= 11 is 0. The summed E-state index contributed by atoms with van der Waals surface area (Å²) in [5, 5.41) is 0. The molecule has 0 N–H and O–H groups in total. The fourth-order valence-corrected chi connectivity index (χ4v) is 1.11. The second-order valence-corrected chi connectivity index (χ2v) is 3.39. The zero-order chi connectivity index (χ0) is 12.7. The molecule has 0 heterocycles. The summed E-state index contributed by atoms with van der Waals surface area (Å²) in [7, 11) is 0. The minimum atomic E-state index is 0. The Morgan fingerprint density at radius 3 is 0.632 bits per heavy atom. The lowest BCUT2D eigenvalue weighted by Crippen LogP contribution is -1.49. The van der Waals surface area contributed by atoms with Crippen molar-refractivity contribution in [1.82, 2.24) is 0 Å². The summed E-state index contributed by atoms with van der Waals surface area (Å²) in [5.41, 5.74) is 0. The zero-order valence-corrected chi connectivity index (χ0v) is 10.3. The number of benzene rings is 3. The molecule has 3 aromatic rings. The van der Waals surface area contributed by atoms with E-state index in [1.54, 1.807) is 0 Å². The molecule has 19 heavy (non-hydrogen) atoms. The van der Waals surface area contributed by atoms with Crippen molar-refractivity contribution in [3.8, 4) is 0 Å². The lowest BCUT2D eigenvalue weighted by molar-refractivity contribution is 1.70. The predicted octanol–water partition coefficient (Wildman–Crippen LogP) is 5.50. The molecule has 0 aliphatic rings. The molecule has 0 aliphatic carbocycles. The van der Waals surface area contributed by atoms with Gasteiger partial charge in [0.1, 0.15) is 0 Å². The molecule has 0 spiro atoms. The van der Waals surface area contributed by atoms with Gasteiger partial charge >= 0.3 is 0 Å². The van der Waals surface area contributed by atoms with Crippen LogP contribution in [-0.4, -0.2) is 0 Å². The van der Waals surface area contributed by atoms with Gasteiger partial charge in [0.15, 0.2) is 0 Å². The van der Waals surface area contributed by atoms with Gasteiger partial charge < -0.3 is 0 Å². The molecule has 0 saturated heterocycles. The average Bonchev–Trinajstić information content (AvgIpc) is 2.54. The van der Waals surface area contributed by atoms with Crippen molar-refractivity contribution < 1.29 is 0 Å². The van der Waals surface area contributed by atoms with Crippen molar-refractivity contribution in [2.75, 3.05) is 0 Å². The van der Waals surface area contributed by atoms with E-state index in [0.29, 0.717) is 0 Å². The van der Waals surface area contributed by atoms with Crippen LogP contribution < -0.4 is 0 Å². The van der Waals surface area contributed by atoms with Crippen LogP contribution in [0.2, 0.25) is 0 Å². The Kier molecular flexibility index (Phi) is 12.0. The predicted molar refractivity (Wildman–Crippen MR) is 84.9 cm³/mol. The van der Waals surface area contributed by atoms with Crippen LogP contribution in [-0.2, 0) is 0 Å². The van der Waals surface area contributed by atoms with E-state index in [9.17, 15) is 0 Å². The van der Waals surface area contributed by atoms with Gasteiger partial charge in [-0.15, -0.1) is 0 Å². The Labute approximate surface area is 117 Å². The lowest BCUT2D eigenvalue weighted by atomic mass is 10.4. The quantitative estimate of drug-likeness (QED) is 0.494. The van der Waals surface area contributed by atoms with Crippen LogP contribution in [0.5, 0.6) is 0 Å². The second kappa shape index (κ2) is 13.7. The van der Waals surface area contributed by atoms with Crippen molar-refractivity contribution >= 4 is 0 Å². The molecule has 3 aromatic carbocycles. The van der Waals surface area contributed by atoms with Crippen molar-refractivity contribution in [3.05, 3.63) is 109 Å². The molecule has 1 radical (unpaired) electrons. The molecular weight excluding hydrogens is 228 g/mol. The largest absolute Gasteiger partial charge is 0.0776 e. The Morgan fingerprint density at radius 1 is 0.316 bits per heavy atom. The molecule has 0 unspecified atom stereocenters. The molecule has 3 rings (SSSR count). The highest BCUT2D eigenvalue weighted by Gasteiger charge is 1.59. The molecule has 0 aliphatic heterocycles. The first kappa shape index (κ1) is 16.7. The van der Waals surface area contributed by atoms with Crippen LogP contribution in [0, 0.1) is 6.07 Å². The first-order valence-corrected chi connectivity index (χ1v) is 5.91. The summed E-state index contributed by atoms with van der Waals surface area (Å²) in [6.45, 7) is 0. The summed E-state index contributed by atoms with van der Waals surface area (Å²) < 4.78 is 0. The third-order valence-electron chi connectivity index (χ3n) is 1.94. The summed E-state index contributed by atoms with van der Waals surface area (Å²) in [5.74, 6) is 0. The third-order valence-corrected chi connectivity index (χ3v) is 1.94. The lowest BCUT2D eigenvalue weighted by Gasteiger charge is -1.69. The van der Waals surface area contributed by atoms with Crippen LogP contribution >= 0.6 is 0 Å². The van der Waals surface area contributed by atoms with Crippen molar-refractivity contribution in [2.45, 2.75) is 7.43 Å². The summed E-state index contributed by atoms with van der Waals surface area (Å²) in [6.07, 6.45) is 0. The maximum Gasteiger partial charge on any atom is -0.0184 e. The molecule has 0 fully saturated rings. The fourth-order valence-electron chi connectivity index (χ4n) is 1.11. The number of hydrogen-bond donors (Lipinski definition) is 0. The van der Waals surface area contributed by atoms with Gasteiger partial charge in [-0.3, -0.25) is 0 Å². The van der Waals surface area contributed by atoms with E-state index in [2.05, 4.69) is 6.07 Å². The van der Waals surface area contributed by atoms with Crippen LogP contribution in [0.15, 0.2) is 103 Å². The molecule has 0 nitrogen and oxygen atoms in total. The van der Waals surface area contributed by atoms with E-state index < -0.39 is 0 Å². The van der Waals surface area contributed by atoms with Gasteiger partial charge in [-0.1, -0.05) is 111 Å². The Hall–Kier alpha value is -2.34. The summed E-state index contributed by atoms with van der Waals surface area (Å²) in [6, 6.07) is 36.5. The number of hydrogen-bond acceptors (Lipinski definition) is 0. The van der Waals surface area contributed by atoms with Crippen molar-refractivity contribution in [3.63, 3.8) is 0 Å². The smallest absolute Gasteiger partial charge is 0.0184 e. The van der Waals surface area contributed by atoms with Crippen LogP contribution in [0.25, 0.3) is 0 Å². The van der Waals surface area contributed by atoms with E-state index in [1.807, 2.05) is 103 Å². The van der Waals surface area contributed by atoms with Crippen LogP contribution in [0.1, 0.15) is 7.43 Å². The van der Waals surface area contributed by atoms with Gasteiger partial charge in [0.2, 0.25) is 0 Å². The molecule has 0 saturated carbocycles. The van der Waals surface area contributed by atoms with Gasteiger partial charge in [-0.25, -0.2) is 0 Å². The Bertz CT molecular complexity index is 291. The minimum absolute atomic E-state index is 0. The highest BCUT2D eigenvalue weighted by molar-refractivity contribution is 4.99. The zero-order valence-electron chi connectivity index (χ0n) is 10.3. The van der Waals surface area contributed by atoms with Gasteiger partial charge in [-0.05, 0) is 6.07 Å². The first-order chi connectivity index (χ1) is 9.00. The molecular formula is C19H21. The van der Waals surface area contributed by atoms with E-state index >= 15 is 0 Å². The standard InChI is InChI=1S/2C6H6.C6H5.CH4/c3*1-2-4-6-5-3-1;/h2*1-6H;1-5H;1H4. The third kappa shape index (κ3) is 11.9. The molecule has 0 amide bonds. The van der Waals surface area contributed by atoms with Crippen molar-refractivity contribution in [2.24, 2.45) is 0 Å². The first-order valence-electron chi connectivity index (χ1n) is 5.91. The normalized spacial score (nSPS) is 7.58. The van der Waals surface area contributed by atoms with E-state index in [0.717, 1.165) is 0 Å². The van der Waals surface area contributed by atoms with E-state index in [4.69, 9.17) is 0 Å². The summed E-state index contributed by atoms with van der Waals surface area (Å²) in [4.78, 5) is 0. The SMILES string of the molecule is C.[c]1ccccc1.c1ccccc1.c1ccccc1. The topological polar surface area (TPSA) is 0 Å². The van der Waals surface area contributed by atoms with Gasteiger partial charge in [-0.2, -0.15) is 0 Å². The maximum atomic E-state index is 2.89. The monoisotopic (exact) mass is 249 g/mol. The van der Waals surface area contributed by atoms with Gasteiger partial charge in [0.05, 0.1) is 0 Å². The van der Waals surface area contributed by atoms with E-state index in [1.165, 1.54) is 0 Å². The van der Waals surface area contributed by atoms with Gasteiger partial charge in [0, 0.05) is 0 Å². The van der Waals surface area contributed by atoms with E-state index in [-0.39, 0.29) is 7.43 Å². The Balaban J connectivity index is 0.000000249. The minimum Gasteiger partial charge on any atom is -0.0776 e. The van der Waals surface area contributed by atoms with Gasteiger partial charge in [0.25, 0.3) is 0 Å². The van der Waals surface area contributed by atoms with Crippen molar-refractivity contribution in [1.29, 1.82) is 0 Å². The average molecular weight is 249 g/mol. The highest BCUT2D eigenvalue weighted by Crippen LogP contribution is 1.80. The Morgan fingerprint density at radius 2 is 0.526 bits per heavy atom. The molecule has 0 aromatic heterocycles. The molecule has 97 valence electrons. The second-order valence-electron chi connectivity index (χ2n) is 3.39.